The first-order chi connectivity index (χ1) is 16.4. The molecule has 34 heavy (non-hydrogen) atoms. The molecule has 0 aliphatic carbocycles. The molecule has 2 aromatic carbocycles. The fraction of sp³-hybridized carbons (Fsp3) is 0.222. The predicted octanol–water partition coefficient (Wildman–Crippen LogP) is 4.96. The van der Waals surface area contributed by atoms with Crippen molar-refractivity contribution in [2.24, 2.45) is 0 Å². The molecule has 4 aromatic rings. The second kappa shape index (κ2) is 8.57. The number of hydrogen-bond acceptors (Lipinski definition) is 4. The number of amides is 2. The molecule has 0 spiro atoms. The molecule has 0 radical (unpaired) electrons. The third-order valence-electron chi connectivity index (χ3n) is 6.46. The molecule has 172 valence electrons. The fourth-order valence-electron chi connectivity index (χ4n) is 4.36. The van der Waals surface area contributed by atoms with Crippen LogP contribution >= 0.6 is 11.3 Å². The minimum Gasteiger partial charge on any atom is -0.350 e. The van der Waals surface area contributed by atoms with Crippen molar-refractivity contribution >= 4 is 28.8 Å². The maximum Gasteiger partial charge on any atom is 0.277 e. The van der Waals surface area contributed by atoms with Crippen molar-refractivity contribution in [3.05, 3.63) is 94.5 Å². The highest BCUT2D eigenvalue weighted by Gasteiger charge is 2.49. The van der Waals surface area contributed by atoms with E-state index >= 15 is 0 Å². The van der Waals surface area contributed by atoms with Crippen LogP contribution in [0.25, 0.3) is 10.6 Å². The van der Waals surface area contributed by atoms with Crippen LogP contribution < -0.4 is 10.2 Å². The van der Waals surface area contributed by atoms with Gasteiger partial charge in [0.15, 0.2) is 0 Å². The van der Waals surface area contributed by atoms with Gasteiger partial charge in [0.25, 0.3) is 5.91 Å². The molecule has 1 unspecified atom stereocenters. The van der Waals surface area contributed by atoms with Gasteiger partial charge in [-0.25, -0.2) is 0 Å². The van der Waals surface area contributed by atoms with Crippen LogP contribution in [-0.4, -0.2) is 27.1 Å². The summed E-state index contributed by atoms with van der Waals surface area (Å²) in [7, 11) is 0. The number of benzene rings is 2. The Hall–Kier alpha value is -3.71. The molecule has 1 N–H and O–H groups in total. The molecule has 0 bridgehead atoms. The summed E-state index contributed by atoms with van der Waals surface area (Å²) in [5.74, 6) is -0.455. The second-order valence-electron chi connectivity index (χ2n) is 8.90. The first-order valence-corrected chi connectivity index (χ1v) is 12.1. The van der Waals surface area contributed by atoms with Crippen molar-refractivity contribution in [1.82, 2.24) is 15.1 Å². The van der Waals surface area contributed by atoms with Gasteiger partial charge >= 0.3 is 0 Å². The molecule has 0 saturated carbocycles. The van der Waals surface area contributed by atoms with E-state index in [1.807, 2.05) is 92.9 Å². The molecular formula is C27H26N4O2S. The highest BCUT2D eigenvalue weighted by Crippen LogP contribution is 2.35. The lowest BCUT2D eigenvalue weighted by Crippen LogP contribution is -2.64. The smallest absolute Gasteiger partial charge is 0.277 e. The number of nitrogens with one attached hydrogen (secondary N) is 1. The van der Waals surface area contributed by atoms with E-state index in [-0.39, 0.29) is 18.4 Å². The van der Waals surface area contributed by atoms with Crippen LogP contribution in [-0.2, 0) is 17.9 Å². The van der Waals surface area contributed by atoms with Gasteiger partial charge in [0.1, 0.15) is 16.9 Å². The van der Waals surface area contributed by atoms with Gasteiger partial charge in [-0.1, -0.05) is 42.5 Å². The van der Waals surface area contributed by atoms with Crippen molar-refractivity contribution in [2.75, 3.05) is 4.90 Å². The van der Waals surface area contributed by atoms with Crippen LogP contribution in [0.15, 0.2) is 72.1 Å². The van der Waals surface area contributed by atoms with Gasteiger partial charge in [-0.2, -0.15) is 5.10 Å². The molecule has 1 atom stereocenters. The molecule has 6 nitrogen and oxygen atoms in total. The summed E-state index contributed by atoms with van der Waals surface area (Å²) in [5, 5.41) is 9.73. The molecule has 7 heteroatoms. The normalized spacial score (nSPS) is 17.5. The third-order valence-corrected chi connectivity index (χ3v) is 7.35. The van der Waals surface area contributed by atoms with Crippen molar-refractivity contribution in [3.8, 4) is 10.6 Å². The molecule has 2 amide bonds. The summed E-state index contributed by atoms with van der Waals surface area (Å²) in [4.78, 5) is 30.2. The van der Waals surface area contributed by atoms with E-state index in [0.29, 0.717) is 17.9 Å². The van der Waals surface area contributed by atoms with Crippen molar-refractivity contribution in [1.29, 1.82) is 0 Å². The van der Waals surface area contributed by atoms with Crippen LogP contribution in [0.5, 0.6) is 0 Å². The van der Waals surface area contributed by atoms with Gasteiger partial charge < -0.3 is 5.32 Å². The van der Waals surface area contributed by atoms with E-state index in [4.69, 9.17) is 5.10 Å². The Labute approximate surface area is 202 Å². The number of carbonyl (C=O) groups is 2. The van der Waals surface area contributed by atoms with E-state index in [0.717, 1.165) is 27.3 Å². The zero-order chi connectivity index (χ0) is 23.9. The monoisotopic (exact) mass is 470 g/mol. The minimum atomic E-state index is -1.15. The summed E-state index contributed by atoms with van der Waals surface area (Å²) in [6, 6.07) is 21.4. The molecule has 1 aliphatic heterocycles. The zero-order valence-corrected chi connectivity index (χ0v) is 20.2. The Morgan fingerprint density at radius 3 is 2.56 bits per heavy atom. The summed E-state index contributed by atoms with van der Waals surface area (Å²) in [6.07, 6.45) is 0. The molecular weight excluding hydrogens is 444 g/mol. The molecule has 0 fully saturated rings. The zero-order valence-electron chi connectivity index (χ0n) is 19.4. The molecule has 3 heterocycles. The summed E-state index contributed by atoms with van der Waals surface area (Å²) in [5.41, 5.74) is 3.97. The predicted molar refractivity (Wildman–Crippen MR) is 135 cm³/mol. The van der Waals surface area contributed by atoms with Crippen LogP contribution in [0.3, 0.4) is 0 Å². The van der Waals surface area contributed by atoms with Crippen LogP contribution in [0.4, 0.5) is 5.69 Å². The third kappa shape index (κ3) is 3.82. The lowest BCUT2D eigenvalue weighted by molar-refractivity contribution is -0.126. The lowest BCUT2D eigenvalue weighted by atomic mass is 9.93. The first-order valence-electron chi connectivity index (χ1n) is 11.2. The Bertz CT molecular complexity index is 1360. The van der Waals surface area contributed by atoms with E-state index in [1.54, 1.807) is 20.9 Å². The summed E-state index contributed by atoms with van der Waals surface area (Å²) in [6.45, 7) is 6.50. The number of hydrogen-bond donors (Lipinski definition) is 1. The van der Waals surface area contributed by atoms with Gasteiger partial charge in [0.2, 0.25) is 5.91 Å². The maximum atomic E-state index is 13.9. The first kappa shape index (κ1) is 22.1. The SMILES string of the molecule is Cc1ccc(N2C(=O)c3cc(-c4cccs4)nn3CC2(C)C(=O)NCc2ccccc2)cc1C. The fourth-order valence-corrected chi connectivity index (χ4v) is 5.05. The number of thiophene rings is 1. The Morgan fingerprint density at radius 2 is 1.85 bits per heavy atom. The van der Waals surface area contributed by atoms with E-state index in [9.17, 15) is 9.59 Å². The summed E-state index contributed by atoms with van der Waals surface area (Å²) >= 11 is 1.57. The van der Waals surface area contributed by atoms with Gasteiger partial charge in [-0.3, -0.25) is 19.2 Å². The molecule has 2 aromatic heterocycles. The molecule has 5 rings (SSSR count). The van der Waals surface area contributed by atoms with Crippen molar-refractivity contribution in [2.45, 2.75) is 39.4 Å². The van der Waals surface area contributed by atoms with Crippen molar-refractivity contribution in [3.63, 3.8) is 0 Å². The standard InChI is InChI=1S/C27H26N4O2S/c1-18-11-12-21(14-19(18)2)31-25(32)23-15-22(24-10-7-13-34-24)29-30(23)17-27(31,3)26(33)28-16-20-8-5-4-6-9-20/h4-15H,16-17H2,1-3H3,(H,28,33). The Balaban J connectivity index is 1.56. The van der Waals surface area contributed by atoms with Crippen LogP contribution in [0.1, 0.15) is 34.1 Å². The second-order valence-corrected chi connectivity index (χ2v) is 9.85. The van der Waals surface area contributed by atoms with E-state index < -0.39 is 5.54 Å². The van der Waals surface area contributed by atoms with Crippen LogP contribution in [0, 0.1) is 13.8 Å². The number of fused-ring (bicyclic) bond motifs is 1. The Morgan fingerprint density at radius 1 is 1.06 bits per heavy atom. The van der Waals surface area contributed by atoms with Gasteiger partial charge in [-0.05, 0) is 67.1 Å². The number of carbonyl (C=O) groups excluding carboxylic acids is 2. The van der Waals surface area contributed by atoms with E-state index in [1.165, 1.54) is 0 Å². The molecule has 0 saturated heterocycles. The van der Waals surface area contributed by atoms with Gasteiger partial charge in [0, 0.05) is 12.2 Å². The topological polar surface area (TPSA) is 67.2 Å². The average molecular weight is 471 g/mol. The average Bonchev–Trinajstić information content (AvgIpc) is 3.50. The van der Waals surface area contributed by atoms with Gasteiger partial charge in [-0.15, -0.1) is 11.3 Å². The number of rotatable bonds is 5. The quantitative estimate of drug-likeness (QED) is 0.448. The number of aryl methyl sites for hydroxylation is 2. The Kier molecular flexibility index (Phi) is 5.57. The van der Waals surface area contributed by atoms with E-state index in [2.05, 4.69) is 5.32 Å². The van der Waals surface area contributed by atoms with Crippen molar-refractivity contribution < 1.29 is 9.59 Å². The van der Waals surface area contributed by atoms with Crippen LogP contribution in [0.2, 0.25) is 0 Å². The summed E-state index contributed by atoms with van der Waals surface area (Å²) < 4.78 is 1.68. The lowest BCUT2D eigenvalue weighted by Gasteiger charge is -2.43. The maximum absolute atomic E-state index is 13.9. The number of anilines is 1. The number of nitrogens with zero attached hydrogens (tertiary/aromatic N) is 3. The minimum absolute atomic E-state index is 0.221. The van der Waals surface area contributed by atoms with Gasteiger partial charge in [0.05, 0.1) is 11.4 Å². The number of aromatic nitrogens is 2. The highest BCUT2D eigenvalue weighted by molar-refractivity contribution is 7.13. The molecule has 1 aliphatic rings. The largest absolute Gasteiger partial charge is 0.350 e. The highest BCUT2D eigenvalue weighted by atomic mass is 32.1.